The van der Waals surface area contributed by atoms with Gasteiger partial charge in [0, 0.05) is 17.8 Å². The molecule has 2 heterocycles. The first-order valence-electron chi connectivity index (χ1n) is 9.12. The summed E-state index contributed by atoms with van der Waals surface area (Å²) in [6.07, 6.45) is 1.81. The van der Waals surface area contributed by atoms with Gasteiger partial charge in [-0.1, -0.05) is 25.4 Å². The molecule has 5 nitrogen and oxygen atoms in total. The van der Waals surface area contributed by atoms with Gasteiger partial charge in [0.2, 0.25) is 0 Å². The molecule has 0 saturated carbocycles. The molecule has 0 aliphatic rings. The Morgan fingerprint density at radius 2 is 1.89 bits per heavy atom. The number of halogens is 3. The third-order valence-electron chi connectivity index (χ3n) is 5.03. The number of fused-ring (bicyclic) bond motifs is 1. The third kappa shape index (κ3) is 3.51. The molecule has 0 amide bonds. The van der Waals surface area contributed by atoms with Gasteiger partial charge in [-0.25, -0.2) is 4.52 Å². The van der Waals surface area contributed by atoms with Crippen molar-refractivity contribution in [2.24, 2.45) is 7.05 Å². The van der Waals surface area contributed by atoms with Crippen LogP contribution in [-0.2, 0) is 7.05 Å². The second kappa shape index (κ2) is 7.91. The third-order valence-corrected chi connectivity index (χ3v) is 5.26. The van der Waals surface area contributed by atoms with Gasteiger partial charge in [0.1, 0.15) is 11.3 Å². The summed E-state index contributed by atoms with van der Waals surface area (Å²) in [5.41, 5.74) is 2.31. The maximum atomic E-state index is 13.2. The minimum absolute atomic E-state index is 0.130. The van der Waals surface area contributed by atoms with Gasteiger partial charge in [0.05, 0.1) is 5.56 Å². The Bertz CT molecular complexity index is 1070. The van der Waals surface area contributed by atoms with Crippen LogP contribution in [0.25, 0.3) is 16.9 Å². The van der Waals surface area contributed by atoms with Crippen LogP contribution in [0.1, 0.15) is 43.9 Å². The van der Waals surface area contributed by atoms with E-state index in [1.165, 1.54) is 16.7 Å². The highest BCUT2D eigenvalue weighted by Crippen LogP contribution is 2.33. The summed E-state index contributed by atoms with van der Waals surface area (Å²) >= 11 is 5.93. The van der Waals surface area contributed by atoms with E-state index in [2.05, 4.69) is 23.7 Å². The van der Waals surface area contributed by atoms with Crippen molar-refractivity contribution in [2.45, 2.75) is 46.1 Å². The smallest absolute Gasteiger partial charge is 0.387 e. The van der Waals surface area contributed by atoms with E-state index < -0.39 is 6.61 Å². The molecular weight excluding hydrogens is 388 g/mol. The van der Waals surface area contributed by atoms with Crippen molar-refractivity contribution in [3.05, 3.63) is 50.9 Å². The largest absolute Gasteiger partial charge is 0.434 e. The molecule has 0 unspecified atom stereocenters. The van der Waals surface area contributed by atoms with Gasteiger partial charge >= 0.3 is 6.61 Å². The van der Waals surface area contributed by atoms with Crippen molar-refractivity contribution < 1.29 is 13.5 Å². The normalized spacial score (nSPS) is 11.8. The molecule has 150 valence electrons. The van der Waals surface area contributed by atoms with Crippen LogP contribution in [0.2, 0.25) is 5.02 Å². The van der Waals surface area contributed by atoms with Crippen LogP contribution in [0.4, 0.5) is 8.78 Å². The highest BCUT2D eigenvalue weighted by Gasteiger charge is 2.22. The number of aromatic nitrogens is 3. The zero-order valence-corrected chi connectivity index (χ0v) is 16.9. The quantitative estimate of drug-likeness (QED) is 0.564. The summed E-state index contributed by atoms with van der Waals surface area (Å²) in [6.45, 7) is 3.02. The van der Waals surface area contributed by atoms with Crippen LogP contribution in [0.3, 0.4) is 0 Å². The molecule has 8 heteroatoms. The molecule has 0 spiro atoms. The zero-order valence-electron chi connectivity index (χ0n) is 16.2. The van der Waals surface area contributed by atoms with Gasteiger partial charge in [-0.15, -0.1) is 5.10 Å². The first kappa shape index (κ1) is 20.3. The van der Waals surface area contributed by atoms with Gasteiger partial charge in [-0.05, 0) is 55.5 Å². The summed E-state index contributed by atoms with van der Waals surface area (Å²) in [7, 11) is 1.57. The van der Waals surface area contributed by atoms with Crippen LogP contribution in [-0.4, -0.2) is 20.8 Å². The zero-order chi connectivity index (χ0) is 20.6. The second-order valence-electron chi connectivity index (χ2n) is 6.72. The van der Waals surface area contributed by atoms with Gasteiger partial charge in [-0.2, -0.15) is 8.78 Å². The lowest BCUT2D eigenvalue weighted by Gasteiger charge is -2.15. The van der Waals surface area contributed by atoms with Crippen molar-refractivity contribution in [3.63, 3.8) is 0 Å². The van der Waals surface area contributed by atoms with Crippen molar-refractivity contribution in [1.29, 1.82) is 0 Å². The molecule has 2 aromatic heterocycles. The summed E-state index contributed by atoms with van der Waals surface area (Å²) < 4.78 is 33.3. The van der Waals surface area contributed by atoms with Gasteiger partial charge in [-0.3, -0.25) is 9.36 Å². The standard InChI is InChI=1S/C20H22ClF2N3O2/c1-5-12(6-2)15-9-11(3)26-17(15)19(27)25(4)18(24-26)14-8-7-13(21)10-16(14)28-20(22)23/h7-10,12,20H,5-6H2,1-4H3. The van der Waals surface area contributed by atoms with Crippen molar-refractivity contribution in [3.8, 4) is 17.1 Å². The number of nitrogens with zero attached hydrogens (tertiary/aromatic N) is 3. The van der Waals surface area contributed by atoms with Crippen molar-refractivity contribution >= 4 is 17.1 Å². The van der Waals surface area contributed by atoms with Crippen LogP contribution in [0.5, 0.6) is 5.75 Å². The average molecular weight is 410 g/mol. The van der Waals surface area contributed by atoms with E-state index >= 15 is 0 Å². The number of hydrogen-bond acceptors (Lipinski definition) is 3. The number of ether oxygens (including phenoxy) is 1. The molecule has 28 heavy (non-hydrogen) atoms. The molecule has 0 aliphatic heterocycles. The fraction of sp³-hybridized carbons (Fsp3) is 0.400. The van der Waals surface area contributed by atoms with Crippen LogP contribution < -0.4 is 10.3 Å². The molecule has 0 bridgehead atoms. The molecule has 1 aromatic carbocycles. The predicted molar refractivity (Wildman–Crippen MR) is 106 cm³/mol. The Kier molecular flexibility index (Phi) is 5.74. The number of alkyl halides is 2. The van der Waals surface area contributed by atoms with E-state index in [0.29, 0.717) is 5.52 Å². The predicted octanol–water partition coefficient (Wildman–Crippen LogP) is 5.17. The number of rotatable bonds is 6. The first-order valence-corrected chi connectivity index (χ1v) is 9.50. The molecule has 0 N–H and O–H groups in total. The van der Waals surface area contributed by atoms with E-state index in [9.17, 15) is 13.6 Å². The Balaban J connectivity index is 2.30. The monoisotopic (exact) mass is 409 g/mol. The van der Waals surface area contributed by atoms with E-state index in [1.807, 2.05) is 13.0 Å². The summed E-state index contributed by atoms with van der Waals surface area (Å²) in [4.78, 5) is 13.2. The molecular formula is C20H22ClF2N3O2. The topological polar surface area (TPSA) is 48.5 Å². The molecule has 0 atom stereocenters. The highest BCUT2D eigenvalue weighted by molar-refractivity contribution is 6.30. The van der Waals surface area contributed by atoms with Crippen LogP contribution in [0, 0.1) is 6.92 Å². The lowest BCUT2D eigenvalue weighted by atomic mass is 9.95. The summed E-state index contributed by atoms with van der Waals surface area (Å²) in [6, 6.07) is 6.33. The average Bonchev–Trinajstić information content (AvgIpc) is 2.96. The van der Waals surface area contributed by atoms with E-state index in [0.717, 1.165) is 24.1 Å². The molecule has 0 fully saturated rings. The Morgan fingerprint density at radius 3 is 2.50 bits per heavy atom. The summed E-state index contributed by atoms with van der Waals surface area (Å²) in [5.74, 6) is 0.339. The van der Waals surface area contributed by atoms with E-state index in [-0.39, 0.29) is 33.6 Å². The lowest BCUT2D eigenvalue weighted by molar-refractivity contribution is -0.0494. The SMILES string of the molecule is CCC(CC)c1cc(C)n2nc(-c3ccc(Cl)cc3OC(F)F)n(C)c(=O)c12. The van der Waals surface area contributed by atoms with E-state index in [4.69, 9.17) is 11.6 Å². The Hall–Kier alpha value is -2.41. The van der Waals surface area contributed by atoms with Crippen LogP contribution in [0.15, 0.2) is 29.1 Å². The Labute approximate surface area is 166 Å². The summed E-state index contributed by atoms with van der Waals surface area (Å²) in [5, 5.41) is 4.84. The maximum absolute atomic E-state index is 13.2. The van der Waals surface area contributed by atoms with Crippen molar-refractivity contribution in [2.75, 3.05) is 0 Å². The number of benzene rings is 1. The Morgan fingerprint density at radius 1 is 1.21 bits per heavy atom. The van der Waals surface area contributed by atoms with Gasteiger partial charge in [0.25, 0.3) is 5.56 Å². The minimum atomic E-state index is -3.02. The van der Waals surface area contributed by atoms with Crippen LogP contribution >= 0.6 is 11.6 Å². The fourth-order valence-electron chi connectivity index (χ4n) is 3.56. The lowest BCUT2D eigenvalue weighted by Crippen LogP contribution is -2.24. The minimum Gasteiger partial charge on any atom is -0.434 e. The molecule has 3 aromatic rings. The first-order chi connectivity index (χ1) is 13.3. The number of aryl methyl sites for hydroxylation is 1. The molecule has 0 radical (unpaired) electrons. The van der Waals surface area contributed by atoms with Crippen molar-refractivity contribution in [1.82, 2.24) is 14.2 Å². The second-order valence-corrected chi connectivity index (χ2v) is 7.16. The van der Waals surface area contributed by atoms with Gasteiger partial charge < -0.3 is 4.74 Å². The molecule has 3 rings (SSSR count). The number of hydrogen-bond donors (Lipinski definition) is 0. The van der Waals surface area contributed by atoms with E-state index in [1.54, 1.807) is 17.6 Å². The molecule has 0 saturated heterocycles. The maximum Gasteiger partial charge on any atom is 0.387 e. The molecule has 0 aliphatic carbocycles. The fourth-order valence-corrected chi connectivity index (χ4v) is 3.72. The highest BCUT2D eigenvalue weighted by atomic mass is 35.5. The van der Waals surface area contributed by atoms with Gasteiger partial charge in [0.15, 0.2) is 5.82 Å².